The molecule has 17 heavy (non-hydrogen) atoms. The van der Waals surface area contributed by atoms with E-state index in [2.05, 4.69) is 15.2 Å². The fourth-order valence-electron chi connectivity index (χ4n) is 1.80. The van der Waals surface area contributed by atoms with Crippen LogP contribution < -0.4 is 0 Å². The van der Waals surface area contributed by atoms with Crippen LogP contribution >= 0.6 is 0 Å². The molecule has 6 nitrogen and oxygen atoms in total. The van der Waals surface area contributed by atoms with Crippen molar-refractivity contribution < 1.29 is 14.3 Å². The van der Waals surface area contributed by atoms with Crippen LogP contribution in [0.3, 0.4) is 0 Å². The normalized spacial score (nSPS) is 18.9. The third kappa shape index (κ3) is 3.03. The van der Waals surface area contributed by atoms with E-state index in [1.807, 2.05) is 6.92 Å². The van der Waals surface area contributed by atoms with Gasteiger partial charge in [0.1, 0.15) is 5.82 Å². The van der Waals surface area contributed by atoms with Crippen molar-refractivity contribution in [1.29, 1.82) is 0 Å². The highest BCUT2D eigenvalue weighted by Crippen LogP contribution is 2.20. The molecular weight excluding hydrogens is 222 g/mol. The van der Waals surface area contributed by atoms with Crippen LogP contribution in [0.5, 0.6) is 0 Å². The van der Waals surface area contributed by atoms with Crippen molar-refractivity contribution in [1.82, 2.24) is 15.2 Å². The second-order valence-corrected chi connectivity index (χ2v) is 4.24. The number of aromatic nitrogens is 3. The van der Waals surface area contributed by atoms with E-state index < -0.39 is 6.10 Å². The Morgan fingerprint density at radius 2 is 2.24 bits per heavy atom. The van der Waals surface area contributed by atoms with Crippen LogP contribution in [-0.2, 0) is 14.3 Å². The molecule has 0 aromatic carbocycles. The number of hydrogen-bond donors (Lipinski definition) is 1. The third-order valence-electron chi connectivity index (χ3n) is 2.83. The Balaban J connectivity index is 1.89. The number of nitrogens with zero attached hydrogens (tertiary/aromatic N) is 2. The number of carbonyl (C=O) groups is 1. The molecule has 94 valence electrons. The van der Waals surface area contributed by atoms with Crippen LogP contribution in [0.1, 0.15) is 37.5 Å². The zero-order valence-corrected chi connectivity index (χ0v) is 10.1. The lowest BCUT2D eigenvalue weighted by molar-refractivity contribution is -0.157. The van der Waals surface area contributed by atoms with Gasteiger partial charge in [-0.1, -0.05) is 0 Å². The Hall–Kier alpha value is -1.43. The lowest BCUT2D eigenvalue weighted by Crippen LogP contribution is -2.26. The molecule has 0 aliphatic carbocycles. The maximum Gasteiger partial charge on any atom is 0.309 e. The SMILES string of the molecule is Cc1nc(C(C)OC(=O)C2CCOCC2)n[nH]1. The van der Waals surface area contributed by atoms with Gasteiger partial charge in [-0.25, -0.2) is 4.98 Å². The molecule has 0 saturated carbocycles. The molecule has 1 aromatic heterocycles. The summed E-state index contributed by atoms with van der Waals surface area (Å²) in [6, 6.07) is 0. The van der Waals surface area contributed by atoms with Gasteiger partial charge in [0.05, 0.1) is 5.92 Å². The molecule has 1 atom stereocenters. The molecule has 0 amide bonds. The molecule has 1 unspecified atom stereocenters. The summed E-state index contributed by atoms with van der Waals surface area (Å²) in [5.41, 5.74) is 0. The van der Waals surface area contributed by atoms with Crippen LogP contribution in [0.15, 0.2) is 0 Å². The summed E-state index contributed by atoms with van der Waals surface area (Å²) in [4.78, 5) is 16.0. The minimum atomic E-state index is -0.407. The number of hydrogen-bond acceptors (Lipinski definition) is 5. The molecule has 1 aliphatic heterocycles. The predicted octanol–water partition coefficient (Wildman–Crippen LogP) is 1.14. The van der Waals surface area contributed by atoms with Gasteiger partial charge in [-0.15, -0.1) is 0 Å². The van der Waals surface area contributed by atoms with E-state index in [0.717, 1.165) is 12.8 Å². The van der Waals surface area contributed by atoms with Gasteiger partial charge >= 0.3 is 5.97 Å². The van der Waals surface area contributed by atoms with Gasteiger partial charge < -0.3 is 9.47 Å². The van der Waals surface area contributed by atoms with Gasteiger partial charge in [0, 0.05) is 13.2 Å². The zero-order chi connectivity index (χ0) is 12.3. The minimum Gasteiger partial charge on any atom is -0.454 e. The molecule has 1 saturated heterocycles. The molecule has 1 aromatic rings. The number of nitrogens with one attached hydrogen (secondary N) is 1. The number of aryl methyl sites for hydroxylation is 1. The molecule has 6 heteroatoms. The van der Waals surface area contributed by atoms with E-state index in [1.165, 1.54) is 0 Å². The largest absolute Gasteiger partial charge is 0.454 e. The van der Waals surface area contributed by atoms with Crippen molar-refractivity contribution >= 4 is 5.97 Å². The van der Waals surface area contributed by atoms with Gasteiger partial charge in [-0.2, -0.15) is 5.10 Å². The molecule has 2 rings (SSSR count). The third-order valence-corrected chi connectivity index (χ3v) is 2.83. The average Bonchev–Trinajstić information content (AvgIpc) is 2.77. The van der Waals surface area contributed by atoms with Gasteiger partial charge in [0.2, 0.25) is 0 Å². The van der Waals surface area contributed by atoms with E-state index in [4.69, 9.17) is 9.47 Å². The molecule has 1 fully saturated rings. The summed E-state index contributed by atoms with van der Waals surface area (Å²) in [5.74, 6) is 1.01. The summed E-state index contributed by atoms with van der Waals surface area (Å²) in [6.45, 7) is 4.85. The van der Waals surface area contributed by atoms with Gasteiger partial charge in [0.25, 0.3) is 0 Å². The Kier molecular flexibility index (Phi) is 3.73. The first-order valence-electron chi connectivity index (χ1n) is 5.84. The summed E-state index contributed by atoms with van der Waals surface area (Å²) < 4.78 is 10.6. The van der Waals surface area contributed by atoms with Crippen molar-refractivity contribution in [2.75, 3.05) is 13.2 Å². The Morgan fingerprint density at radius 3 is 2.82 bits per heavy atom. The standard InChI is InChI=1S/C11H17N3O3/c1-7(10-12-8(2)13-14-10)17-11(15)9-3-5-16-6-4-9/h7,9H,3-6H2,1-2H3,(H,12,13,14). The van der Waals surface area contributed by atoms with Crippen molar-refractivity contribution in [2.24, 2.45) is 5.92 Å². The van der Waals surface area contributed by atoms with E-state index in [-0.39, 0.29) is 11.9 Å². The van der Waals surface area contributed by atoms with Crippen molar-refractivity contribution in [3.63, 3.8) is 0 Å². The second kappa shape index (κ2) is 5.27. The van der Waals surface area contributed by atoms with Gasteiger partial charge in [0.15, 0.2) is 11.9 Å². The van der Waals surface area contributed by atoms with Crippen LogP contribution in [0.25, 0.3) is 0 Å². The topological polar surface area (TPSA) is 77.1 Å². The number of H-pyrrole nitrogens is 1. The highest BCUT2D eigenvalue weighted by atomic mass is 16.5. The second-order valence-electron chi connectivity index (χ2n) is 4.24. The summed E-state index contributed by atoms with van der Waals surface area (Å²) in [6.07, 6.45) is 1.06. The number of carbonyl (C=O) groups excluding carboxylic acids is 1. The molecule has 1 N–H and O–H groups in total. The first-order chi connectivity index (χ1) is 8.16. The summed E-state index contributed by atoms with van der Waals surface area (Å²) >= 11 is 0. The fourth-order valence-corrected chi connectivity index (χ4v) is 1.80. The van der Waals surface area contributed by atoms with Crippen molar-refractivity contribution in [3.05, 3.63) is 11.6 Å². The zero-order valence-electron chi connectivity index (χ0n) is 10.1. The molecule has 0 spiro atoms. The van der Waals surface area contributed by atoms with Crippen LogP contribution in [0, 0.1) is 12.8 Å². The van der Waals surface area contributed by atoms with E-state index in [0.29, 0.717) is 24.9 Å². The van der Waals surface area contributed by atoms with Crippen LogP contribution in [-0.4, -0.2) is 34.4 Å². The summed E-state index contributed by atoms with van der Waals surface area (Å²) in [5, 5.41) is 6.71. The first-order valence-corrected chi connectivity index (χ1v) is 5.84. The first kappa shape index (κ1) is 12.0. The van der Waals surface area contributed by atoms with E-state index >= 15 is 0 Å². The number of esters is 1. The highest BCUT2D eigenvalue weighted by Gasteiger charge is 2.25. The van der Waals surface area contributed by atoms with Crippen molar-refractivity contribution in [2.45, 2.75) is 32.8 Å². The van der Waals surface area contributed by atoms with Crippen LogP contribution in [0.2, 0.25) is 0 Å². The highest BCUT2D eigenvalue weighted by molar-refractivity contribution is 5.72. The number of ether oxygens (including phenoxy) is 2. The quantitative estimate of drug-likeness (QED) is 0.800. The Labute approximate surface area is 99.7 Å². The molecular formula is C11H17N3O3. The predicted molar refractivity (Wildman–Crippen MR) is 59.2 cm³/mol. The average molecular weight is 239 g/mol. The molecule has 1 aliphatic rings. The minimum absolute atomic E-state index is 0.0498. The maximum absolute atomic E-state index is 11.8. The number of aromatic amines is 1. The molecule has 0 radical (unpaired) electrons. The lowest BCUT2D eigenvalue weighted by Gasteiger charge is -2.21. The summed E-state index contributed by atoms with van der Waals surface area (Å²) in [7, 11) is 0. The van der Waals surface area contributed by atoms with Crippen LogP contribution in [0.4, 0.5) is 0 Å². The van der Waals surface area contributed by atoms with Crippen molar-refractivity contribution in [3.8, 4) is 0 Å². The smallest absolute Gasteiger partial charge is 0.309 e. The maximum atomic E-state index is 11.8. The Morgan fingerprint density at radius 1 is 1.53 bits per heavy atom. The number of rotatable bonds is 3. The van der Waals surface area contributed by atoms with Gasteiger partial charge in [-0.05, 0) is 26.7 Å². The monoisotopic (exact) mass is 239 g/mol. The molecule has 2 heterocycles. The molecule has 0 bridgehead atoms. The Bertz CT molecular complexity index is 385. The van der Waals surface area contributed by atoms with E-state index in [9.17, 15) is 4.79 Å². The van der Waals surface area contributed by atoms with E-state index in [1.54, 1.807) is 6.92 Å². The lowest BCUT2D eigenvalue weighted by atomic mass is 10.0. The van der Waals surface area contributed by atoms with Gasteiger partial charge in [-0.3, -0.25) is 9.89 Å². The fraction of sp³-hybridized carbons (Fsp3) is 0.727.